The van der Waals surface area contributed by atoms with E-state index >= 15 is 0 Å². The molecule has 1 saturated heterocycles. The lowest BCUT2D eigenvalue weighted by atomic mass is 10.2. The number of rotatable bonds is 5. The Labute approximate surface area is 176 Å². The van der Waals surface area contributed by atoms with Crippen LogP contribution in [0.5, 0.6) is 17.4 Å². The first-order valence-corrected chi connectivity index (χ1v) is 10.1. The first-order valence-electron chi connectivity index (χ1n) is 10.1. The fourth-order valence-corrected chi connectivity index (χ4v) is 4.15. The SMILES string of the molecule is Cc1cc(Oc2c(F)cc(COc3cc4n(c(=O)n3)C[C@H]3CCCN43)cc2F)ccn1. The second-order valence-electron chi connectivity index (χ2n) is 7.75. The molecule has 0 bridgehead atoms. The number of pyridine rings is 1. The molecule has 5 rings (SSSR count). The van der Waals surface area contributed by atoms with Gasteiger partial charge in [-0.25, -0.2) is 13.6 Å². The number of aromatic nitrogens is 3. The van der Waals surface area contributed by atoms with Crippen molar-refractivity contribution < 1.29 is 18.3 Å². The predicted molar refractivity (Wildman–Crippen MR) is 109 cm³/mol. The van der Waals surface area contributed by atoms with Crippen LogP contribution in [0.1, 0.15) is 24.1 Å². The molecule has 0 saturated carbocycles. The van der Waals surface area contributed by atoms with Crippen molar-refractivity contribution in [2.45, 2.75) is 39.0 Å². The first-order chi connectivity index (χ1) is 15.0. The molecule has 0 unspecified atom stereocenters. The van der Waals surface area contributed by atoms with Crippen molar-refractivity contribution >= 4 is 5.82 Å². The molecule has 1 atom stereocenters. The van der Waals surface area contributed by atoms with Gasteiger partial charge in [-0.05, 0) is 43.5 Å². The summed E-state index contributed by atoms with van der Waals surface area (Å²) in [6.07, 6.45) is 3.63. The van der Waals surface area contributed by atoms with E-state index < -0.39 is 17.4 Å². The molecule has 2 aliphatic rings. The van der Waals surface area contributed by atoms with Gasteiger partial charge in [-0.1, -0.05) is 0 Å². The quantitative estimate of drug-likeness (QED) is 0.621. The summed E-state index contributed by atoms with van der Waals surface area (Å²) in [7, 11) is 0. The summed E-state index contributed by atoms with van der Waals surface area (Å²) in [6.45, 7) is 3.14. The van der Waals surface area contributed by atoms with E-state index in [1.807, 2.05) is 0 Å². The van der Waals surface area contributed by atoms with Gasteiger partial charge in [0.15, 0.2) is 17.4 Å². The molecule has 0 aliphatic carbocycles. The fourth-order valence-electron chi connectivity index (χ4n) is 4.15. The van der Waals surface area contributed by atoms with Crippen LogP contribution in [0.15, 0.2) is 41.3 Å². The van der Waals surface area contributed by atoms with E-state index in [0.717, 1.165) is 37.3 Å². The Morgan fingerprint density at radius 3 is 2.77 bits per heavy atom. The number of ether oxygens (including phenoxy) is 2. The Morgan fingerprint density at radius 1 is 1.19 bits per heavy atom. The molecule has 2 aliphatic heterocycles. The Bertz CT molecular complexity index is 1190. The highest BCUT2D eigenvalue weighted by molar-refractivity contribution is 5.48. The number of fused-ring (bicyclic) bond motifs is 3. The van der Waals surface area contributed by atoms with Gasteiger partial charge >= 0.3 is 5.69 Å². The van der Waals surface area contributed by atoms with Crippen molar-refractivity contribution in [3.8, 4) is 17.4 Å². The highest BCUT2D eigenvalue weighted by Crippen LogP contribution is 2.33. The van der Waals surface area contributed by atoms with Gasteiger partial charge in [0, 0.05) is 43.2 Å². The smallest absolute Gasteiger partial charge is 0.352 e. The van der Waals surface area contributed by atoms with Gasteiger partial charge in [-0.2, -0.15) is 4.98 Å². The second kappa shape index (κ2) is 7.64. The first kappa shape index (κ1) is 19.5. The van der Waals surface area contributed by atoms with E-state index in [1.165, 1.54) is 12.3 Å². The predicted octanol–water partition coefficient (Wildman–Crippen LogP) is 3.58. The maximum atomic E-state index is 14.5. The van der Waals surface area contributed by atoms with E-state index in [9.17, 15) is 13.6 Å². The summed E-state index contributed by atoms with van der Waals surface area (Å²) in [5, 5.41) is 0. The van der Waals surface area contributed by atoms with Gasteiger partial charge in [0.2, 0.25) is 5.88 Å². The summed E-state index contributed by atoms with van der Waals surface area (Å²) in [4.78, 5) is 22.5. The molecule has 7 nitrogen and oxygen atoms in total. The molecule has 1 aromatic carbocycles. The maximum absolute atomic E-state index is 14.5. The monoisotopic (exact) mass is 426 g/mol. The van der Waals surface area contributed by atoms with Crippen LogP contribution in [-0.4, -0.2) is 27.1 Å². The third-order valence-corrected chi connectivity index (χ3v) is 5.56. The minimum Gasteiger partial charge on any atom is -0.473 e. The second-order valence-corrected chi connectivity index (χ2v) is 7.75. The van der Waals surface area contributed by atoms with Crippen LogP contribution in [0.25, 0.3) is 0 Å². The number of benzene rings is 1. The summed E-state index contributed by atoms with van der Waals surface area (Å²) in [5.41, 5.74) is 0.548. The molecule has 4 heterocycles. The van der Waals surface area contributed by atoms with Crippen LogP contribution in [0.2, 0.25) is 0 Å². The number of hydrogen-bond acceptors (Lipinski definition) is 6. The summed E-state index contributed by atoms with van der Waals surface area (Å²) >= 11 is 0. The van der Waals surface area contributed by atoms with Crippen LogP contribution in [0.4, 0.5) is 14.6 Å². The Morgan fingerprint density at radius 2 is 2.00 bits per heavy atom. The van der Waals surface area contributed by atoms with E-state index in [1.54, 1.807) is 23.6 Å². The average Bonchev–Trinajstić information content (AvgIpc) is 3.32. The maximum Gasteiger partial charge on any atom is 0.352 e. The third kappa shape index (κ3) is 3.71. The van der Waals surface area contributed by atoms with Crippen LogP contribution < -0.4 is 20.1 Å². The molecule has 31 heavy (non-hydrogen) atoms. The Hall–Kier alpha value is -3.49. The molecular formula is C22H20F2N4O3. The summed E-state index contributed by atoms with van der Waals surface area (Å²) in [5.74, 6) is -0.992. The standard InChI is InChI=1S/C22H20F2N4O3/c1-13-7-16(4-5-25-13)31-21-17(23)8-14(9-18(21)24)12-30-19-10-20-27-6-2-3-15(27)11-28(20)22(29)26-19/h4-5,7-10,15H,2-3,6,11-12H2,1H3/t15-/m1/s1. The van der Waals surface area contributed by atoms with Crippen molar-refractivity contribution in [1.29, 1.82) is 0 Å². The number of halogens is 2. The normalized spacial score (nSPS) is 16.9. The minimum atomic E-state index is -0.852. The zero-order chi connectivity index (χ0) is 21.5. The summed E-state index contributed by atoms with van der Waals surface area (Å²) in [6, 6.07) is 7.42. The highest BCUT2D eigenvalue weighted by Gasteiger charge is 2.34. The van der Waals surface area contributed by atoms with E-state index in [4.69, 9.17) is 9.47 Å². The molecule has 9 heteroatoms. The Balaban J connectivity index is 1.33. The van der Waals surface area contributed by atoms with Gasteiger partial charge in [0.25, 0.3) is 0 Å². The summed E-state index contributed by atoms with van der Waals surface area (Å²) < 4.78 is 41.6. The molecule has 0 radical (unpaired) electrons. The lowest BCUT2D eigenvalue weighted by molar-refractivity contribution is 0.289. The van der Waals surface area contributed by atoms with Crippen molar-refractivity contribution in [1.82, 2.24) is 14.5 Å². The average molecular weight is 426 g/mol. The topological polar surface area (TPSA) is 69.5 Å². The lowest BCUT2D eigenvalue weighted by Gasteiger charge is -2.17. The van der Waals surface area contributed by atoms with Gasteiger partial charge in [0.1, 0.15) is 18.2 Å². The van der Waals surface area contributed by atoms with Crippen molar-refractivity contribution in [3.63, 3.8) is 0 Å². The van der Waals surface area contributed by atoms with Gasteiger partial charge in [-0.3, -0.25) is 9.55 Å². The minimum absolute atomic E-state index is 0.136. The molecule has 1 fully saturated rings. The zero-order valence-corrected chi connectivity index (χ0v) is 16.8. The Kier molecular flexibility index (Phi) is 4.80. The zero-order valence-electron chi connectivity index (χ0n) is 16.8. The molecule has 0 spiro atoms. The number of nitrogens with zero attached hydrogens (tertiary/aromatic N) is 4. The van der Waals surface area contributed by atoms with E-state index in [2.05, 4.69) is 14.9 Å². The van der Waals surface area contributed by atoms with Crippen LogP contribution in [0.3, 0.4) is 0 Å². The van der Waals surface area contributed by atoms with Gasteiger partial charge < -0.3 is 14.4 Å². The number of hydrogen-bond donors (Lipinski definition) is 0. The van der Waals surface area contributed by atoms with Crippen molar-refractivity contribution in [3.05, 3.63) is 69.9 Å². The van der Waals surface area contributed by atoms with Crippen molar-refractivity contribution in [2.75, 3.05) is 11.4 Å². The molecular weight excluding hydrogens is 406 g/mol. The molecule has 0 N–H and O–H groups in total. The van der Waals surface area contributed by atoms with Gasteiger partial charge in [-0.15, -0.1) is 0 Å². The van der Waals surface area contributed by atoms with Crippen LogP contribution in [-0.2, 0) is 13.2 Å². The van der Waals surface area contributed by atoms with Gasteiger partial charge in [0.05, 0.1) is 0 Å². The van der Waals surface area contributed by atoms with Crippen LogP contribution >= 0.6 is 0 Å². The highest BCUT2D eigenvalue weighted by atomic mass is 19.1. The number of anilines is 1. The molecule has 3 aromatic rings. The van der Waals surface area contributed by atoms with Crippen molar-refractivity contribution in [2.24, 2.45) is 0 Å². The fraction of sp³-hybridized carbons (Fsp3) is 0.318. The number of aryl methyl sites for hydroxylation is 1. The lowest BCUT2D eigenvalue weighted by Crippen LogP contribution is -2.24. The molecule has 0 amide bonds. The van der Waals surface area contributed by atoms with E-state index in [-0.39, 0.29) is 29.5 Å². The molecule has 160 valence electrons. The van der Waals surface area contributed by atoms with E-state index in [0.29, 0.717) is 18.3 Å². The third-order valence-electron chi connectivity index (χ3n) is 5.56. The largest absolute Gasteiger partial charge is 0.473 e. The van der Waals surface area contributed by atoms with Crippen LogP contribution in [0, 0.1) is 18.6 Å². The molecule has 2 aromatic heterocycles.